The molecule has 1 N–H and O–H groups in total. The van der Waals surface area contributed by atoms with E-state index in [0.717, 1.165) is 5.75 Å². The predicted molar refractivity (Wildman–Crippen MR) is 73.9 cm³/mol. The lowest BCUT2D eigenvalue weighted by atomic mass is 10.2. The standard InChI is InChI=1S/C13H12O3S2/c14-13(15)10-3-1-4-11(9-10)16-6-8-18-12-5-2-7-17-12/h1-5,7,9H,6,8H2,(H,14,15). The molecule has 0 fully saturated rings. The van der Waals surface area contributed by atoms with Gasteiger partial charge in [0.1, 0.15) is 5.75 Å². The van der Waals surface area contributed by atoms with Gasteiger partial charge in [-0.15, -0.1) is 23.1 Å². The lowest BCUT2D eigenvalue weighted by Crippen LogP contribution is -2.01. The summed E-state index contributed by atoms with van der Waals surface area (Å²) in [5.41, 5.74) is 0.249. The van der Waals surface area contributed by atoms with Crippen molar-refractivity contribution in [2.75, 3.05) is 12.4 Å². The predicted octanol–water partition coefficient (Wildman–Crippen LogP) is 3.62. The molecule has 0 aliphatic rings. The van der Waals surface area contributed by atoms with Crippen molar-refractivity contribution in [1.29, 1.82) is 0 Å². The summed E-state index contributed by atoms with van der Waals surface area (Å²) in [5, 5.41) is 10.9. The van der Waals surface area contributed by atoms with E-state index >= 15 is 0 Å². The summed E-state index contributed by atoms with van der Waals surface area (Å²) in [7, 11) is 0. The molecule has 0 bridgehead atoms. The Morgan fingerprint density at radius 3 is 2.94 bits per heavy atom. The average Bonchev–Trinajstić information content (AvgIpc) is 2.88. The molecule has 0 saturated carbocycles. The number of thiophene rings is 1. The second kappa shape index (κ2) is 6.47. The molecule has 0 aliphatic heterocycles. The molecule has 0 unspecified atom stereocenters. The maximum absolute atomic E-state index is 10.8. The Balaban J connectivity index is 1.79. The van der Waals surface area contributed by atoms with Crippen LogP contribution >= 0.6 is 23.1 Å². The minimum atomic E-state index is -0.937. The molecule has 0 radical (unpaired) electrons. The highest BCUT2D eigenvalue weighted by Gasteiger charge is 2.03. The first-order valence-corrected chi connectivity index (χ1v) is 7.25. The molecule has 3 nitrogen and oxygen atoms in total. The first-order chi connectivity index (χ1) is 8.75. The van der Waals surface area contributed by atoms with Gasteiger partial charge in [-0.05, 0) is 29.6 Å². The molecular formula is C13H12O3S2. The Labute approximate surface area is 113 Å². The van der Waals surface area contributed by atoms with E-state index in [1.807, 2.05) is 11.4 Å². The molecule has 94 valence electrons. The van der Waals surface area contributed by atoms with E-state index in [4.69, 9.17) is 9.84 Å². The number of hydrogen-bond donors (Lipinski definition) is 1. The molecule has 0 saturated heterocycles. The third kappa shape index (κ3) is 3.78. The van der Waals surface area contributed by atoms with Crippen LogP contribution in [0.15, 0.2) is 46.0 Å². The zero-order chi connectivity index (χ0) is 12.8. The van der Waals surface area contributed by atoms with Crippen molar-refractivity contribution >= 4 is 29.1 Å². The molecular weight excluding hydrogens is 268 g/mol. The molecule has 1 aromatic heterocycles. The van der Waals surface area contributed by atoms with Crippen molar-refractivity contribution in [2.24, 2.45) is 0 Å². The largest absolute Gasteiger partial charge is 0.493 e. The fourth-order valence-corrected chi connectivity index (χ4v) is 3.05. The number of hydrogen-bond acceptors (Lipinski definition) is 4. The van der Waals surface area contributed by atoms with Gasteiger partial charge >= 0.3 is 5.97 Å². The molecule has 0 amide bonds. The summed E-state index contributed by atoms with van der Waals surface area (Å²) in [5.74, 6) is 0.507. The zero-order valence-electron chi connectivity index (χ0n) is 9.54. The van der Waals surface area contributed by atoms with Crippen LogP contribution in [0.2, 0.25) is 0 Å². The number of thioether (sulfide) groups is 1. The second-order valence-electron chi connectivity index (χ2n) is 3.46. The van der Waals surface area contributed by atoms with Crippen molar-refractivity contribution in [3.63, 3.8) is 0 Å². The van der Waals surface area contributed by atoms with Crippen LogP contribution in [0.5, 0.6) is 5.75 Å². The van der Waals surface area contributed by atoms with Crippen molar-refractivity contribution < 1.29 is 14.6 Å². The van der Waals surface area contributed by atoms with E-state index in [1.54, 1.807) is 41.3 Å². The average molecular weight is 280 g/mol. The summed E-state index contributed by atoms with van der Waals surface area (Å²) >= 11 is 3.44. The van der Waals surface area contributed by atoms with Crippen molar-refractivity contribution in [3.05, 3.63) is 47.3 Å². The van der Waals surface area contributed by atoms with E-state index in [0.29, 0.717) is 12.4 Å². The highest BCUT2D eigenvalue weighted by atomic mass is 32.2. The van der Waals surface area contributed by atoms with Crippen LogP contribution in [-0.2, 0) is 0 Å². The van der Waals surface area contributed by atoms with Gasteiger partial charge in [-0.1, -0.05) is 12.1 Å². The maximum atomic E-state index is 10.8. The fraction of sp³-hybridized carbons (Fsp3) is 0.154. The monoisotopic (exact) mass is 280 g/mol. The van der Waals surface area contributed by atoms with E-state index in [9.17, 15) is 4.79 Å². The van der Waals surface area contributed by atoms with Gasteiger partial charge in [-0.2, -0.15) is 0 Å². The van der Waals surface area contributed by atoms with Gasteiger partial charge in [0.15, 0.2) is 0 Å². The second-order valence-corrected chi connectivity index (χ2v) is 5.80. The zero-order valence-corrected chi connectivity index (χ0v) is 11.2. The Kier molecular flexibility index (Phi) is 4.66. The molecule has 0 aliphatic carbocycles. The molecule has 0 spiro atoms. The van der Waals surface area contributed by atoms with Gasteiger partial charge in [-0.3, -0.25) is 0 Å². The Morgan fingerprint density at radius 2 is 2.22 bits per heavy atom. The lowest BCUT2D eigenvalue weighted by Gasteiger charge is -2.05. The van der Waals surface area contributed by atoms with Crippen LogP contribution in [0.1, 0.15) is 10.4 Å². The van der Waals surface area contributed by atoms with Crippen LogP contribution in [0, 0.1) is 0 Å². The van der Waals surface area contributed by atoms with Gasteiger partial charge in [0, 0.05) is 5.75 Å². The number of ether oxygens (including phenoxy) is 1. The maximum Gasteiger partial charge on any atom is 0.335 e. The molecule has 2 rings (SSSR count). The SMILES string of the molecule is O=C(O)c1cccc(OCCSc2cccs2)c1. The van der Waals surface area contributed by atoms with Crippen LogP contribution in [0.4, 0.5) is 0 Å². The molecule has 0 atom stereocenters. The van der Waals surface area contributed by atoms with Crippen molar-refractivity contribution in [1.82, 2.24) is 0 Å². The quantitative estimate of drug-likeness (QED) is 0.648. The Hall–Kier alpha value is -1.46. The van der Waals surface area contributed by atoms with Gasteiger partial charge < -0.3 is 9.84 Å². The fourth-order valence-electron chi connectivity index (χ4n) is 1.37. The molecule has 18 heavy (non-hydrogen) atoms. The summed E-state index contributed by atoms with van der Waals surface area (Å²) < 4.78 is 6.78. The number of carboxylic acids is 1. The third-order valence-corrected chi connectivity index (χ3v) is 4.27. The summed E-state index contributed by atoms with van der Waals surface area (Å²) in [4.78, 5) is 10.8. The first-order valence-electron chi connectivity index (χ1n) is 5.38. The normalized spacial score (nSPS) is 10.2. The van der Waals surface area contributed by atoms with Gasteiger partial charge in [0.2, 0.25) is 0 Å². The van der Waals surface area contributed by atoms with Crippen LogP contribution in [-0.4, -0.2) is 23.4 Å². The Bertz CT molecular complexity index is 509. The summed E-state index contributed by atoms with van der Waals surface area (Å²) in [6, 6.07) is 10.6. The topological polar surface area (TPSA) is 46.5 Å². The lowest BCUT2D eigenvalue weighted by molar-refractivity contribution is 0.0696. The first kappa shape index (κ1) is 13.0. The van der Waals surface area contributed by atoms with E-state index < -0.39 is 5.97 Å². The summed E-state index contributed by atoms with van der Waals surface area (Å²) in [6.45, 7) is 0.561. The highest BCUT2D eigenvalue weighted by molar-refractivity contribution is 8.01. The number of aromatic carboxylic acids is 1. The minimum Gasteiger partial charge on any atom is -0.493 e. The van der Waals surface area contributed by atoms with E-state index in [1.165, 1.54) is 10.3 Å². The van der Waals surface area contributed by atoms with Gasteiger partial charge in [0.25, 0.3) is 0 Å². The number of carbonyl (C=O) groups is 1. The molecule has 1 heterocycles. The molecule has 5 heteroatoms. The molecule has 2 aromatic rings. The van der Waals surface area contributed by atoms with Crippen LogP contribution < -0.4 is 4.74 Å². The number of benzene rings is 1. The van der Waals surface area contributed by atoms with Crippen LogP contribution in [0.3, 0.4) is 0 Å². The van der Waals surface area contributed by atoms with Crippen LogP contribution in [0.25, 0.3) is 0 Å². The molecule has 1 aromatic carbocycles. The number of rotatable bonds is 6. The van der Waals surface area contributed by atoms with E-state index in [-0.39, 0.29) is 5.56 Å². The van der Waals surface area contributed by atoms with Crippen molar-refractivity contribution in [2.45, 2.75) is 4.21 Å². The third-order valence-electron chi connectivity index (χ3n) is 2.17. The van der Waals surface area contributed by atoms with E-state index in [2.05, 4.69) is 6.07 Å². The Morgan fingerprint density at radius 1 is 1.33 bits per heavy atom. The minimum absolute atomic E-state index is 0.249. The smallest absolute Gasteiger partial charge is 0.335 e. The van der Waals surface area contributed by atoms with Gasteiger partial charge in [-0.25, -0.2) is 4.79 Å². The van der Waals surface area contributed by atoms with Gasteiger partial charge in [0.05, 0.1) is 16.4 Å². The van der Waals surface area contributed by atoms with Crippen molar-refractivity contribution in [3.8, 4) is 5.75 Å². The highest BCUT2D eigenvalue weighted by Crippen LogP contribution is 2.23. The number of carboxylic acid groups (broad SMARTS) is 1. The summed E-state index contributed by atoms with van der Waals surface area (Å²) in [6.07, 6.45) is 0.